The van der Waals surface area contributed by atoms with Gasteiger partial charge in [0.2, 0.25) is 0 Å². The van der Waals surface area contributed by atoms with Crippen molar-refractivity contribution < 1.29 is 9.18 Å². The average molecular weight is 345 g/mol. The van der Waals surface area contributed by atoms with Crippen LogP contribution in [0.4, 0.5) is 10.1 Å². The molecule has 0 bridgehead atoms. The summed E-state index contributed by atoms with van der Waals surface area (Å²) >= 11 is 0. The van der Waals surface area contributed by atoms with Crippen molar-refractivity contribution in [2.75, 3.05) is 5.32 Å². The Morgan fingerprint density at radius 1 is 1.04 bits per heavy atom. The third-order valence-electron chi connectivity index (χ3n) is 4.24. The Morgan fingerprint density at radius 3 is 2.69 bits per heavy atom. The second kappa shape index (κ2) is 6.44. The molecule has 0 aliphatic carbocycles. The zero-order chi connectivity index (χ0) is 18.1. The van der Waals surface area contributed by atoms with E-state index in [2.05, 4.69) is 15.3 Å². The molecule has 0 atom stereocenters. The summed E-state index contributed by atoms with van der Waals surface area (Å²) in [7, 11) is 0. The molecule has 0 aliphatic heterocycles. The number of nitrogens with one attached hydrogen (secondary N) is 2. The molecule has 0 saturated heterocycles. The number of benzene rings is 3. The van der Waals surface area contributed by atoms with Gasteiger partial charge in [0.25, 0.3) is 5.91 Å². The lowest BCUT2D eigenvalue weighted by molar-refractivity contribution is 0.102. The Labute approximate surface area is 149 Å². The van der Waals surface area contributed by atoms with Crippen molar-refractivity contribution in [3.63, 3.8) is 0 Å². The SMILES string of the molecule is Cc1ccc(-c2nc3ccccc3[nH]2)cc1NC(=O)c1cccc(F)c1. The van der Waals surface area contributed by atoms with Gasteiger partial charge >= 0.3 is 0 Å². The van der Waals surface area contributed by atoms with E-state index in [0.717, 1.165) is 28.0 Å². The predicted molar refractivity (Wildman–Crippen MR) is 101 cm³/mol. The number of H-pyrrole nitrogens is 1. The minimum Gasteiger partial charge on any atom is -0.338 e. The second-order valence-electron chi connectivity index (χ2n) is 6.10. The van der Waals surface area contributed by atoms with Gasteiger partial charge in [0, 0.05) is 16.8 Å². The van der Waals surface area contributed by atoms with E-state index in [1.807, 2.05) is 49.4 Å². The highest BCUT2D eigenvalue weighted by Crippen LogP contribution is 2.26. The lowest BCUT2D eigenvalue weighted by Gasteiger charge is -2.10. The number of hydrogen-bond acceptors (Lipinski definition) is 2. The maximum atomic E-state index is 13.3. The lowest BCUT2D eigenvalue weighted by atomic mass is 10.1. The standard InChI is InChI=1S/C21H16FN3O/c1-13-9-10-14(20-23-17-7-2-3-8-18(17)24-20)12-19(13)25-21(26)15-5-4-6-16(22)11-15/h2-12H,1H3,(H,23,24)(H,25,26). The molecule has 0 aliphatic rings. The number of para-hydroxylation sites is 2. The number of fused-ring (bicyclic) bond motifs is 1. The van der Waals surface area contributed by atoms with Crippen molar-refractivity contribution in [1.29, 1.82) is 0 Å². The molecule has 0 radical (unpaired) electrons. The van der Waals surface area contributed by atoms with E-state index >= 15 is 0 Å². The molecule has 4 nitrogen and oxygen atoms in total. The first kappa shape index (κ1) is 16.0. The van der Waals surface area contributed by atoms with Gasteiger partial charge in [-0.15, -0.1) is 0 Å². The van der Waals surface area contributed by atoms with Gasteiger partial charge in [-0.3, -0.25) is 4.79 Å². The van der Waals surface area contributed by atoms with Gasteiger partial charge in [-0.05, 0) is 48.9 Å². The predicted octanol–water partition coefficient (Wildman–Crippen LogP) is 4.93. The smallest absolute Gasteiger partial charge is 0.255 e. The molecule has 5 heteroatoms. The maximum absolute atomic E-state index is 13.3. The summed E-state index contributed by atoms with van der Waals surface area (Å²) < 4.78 is 13.3. The van der Waals surface area contributed by atoms with Crippen molar-refractivity contribution in [1.82, 2.24) is 9.97 Å². The summed E-state index contributed by atoms with van der Waals surface area (Å²) in [6.45, 7) is 1.91. The molecule has 0 fully saturated rings. The zero-order valence-corrected chi connectivity index (χ0v) is 14.1. The Balaban J connectivity index is 1.67. The molecule has 2 N–H and O–H groups in total. The average Bonchev–Trinajstić information content (AvgIpc) is 3.07. The van der Waals surface area contributed by atoms with Crippen molar-refractivity contribution >= 4 is 22.6 Å². The molecule has 0 unspecified atom stereocenters. The molecule has 1 aromatic heterocycles. The van der Waals surface area contributed by atoms with Gasteiger partial charge in [-0.25, -0.2) is 9.37 Å². The van der Waals surface area contributed by atoms with Crippen LogP contribution in [-0.4, -0.2) is 15.9 Å². The fourth-order valence-electron chi connectivity index (χ4n) is 2.82. The Morgan fingerprint density at radius 2 is 1.88 bits per heavy atom. The van der Waals surface area contributed by atoms with E-state index in [4.69, 9.17) is 0 Å². The molecule has 4 rings (SSSR count). The number of imidazole rings is 1. The summed E-state index contributed by atoms with van der Waals surface area (Å²) in [5, 5.41) is 2.85. The van der Waals surface area contributed by atoms with Crippen LogP contribution in [-0.2, 0) is 0 Å². The van der Waals surface area contributed by atoms with Gasteiger partial charge in [0.05, 0.1) is 11.0 Å². The summed E-state index contributed by atoms with van der Waals surface area (Å²) in [5.74, 6) is -0.0628. The van der Waals surface area contributed by atoms with Crippen LogP contribution in [0.5, 0.6) is 0 Å². The molecular weight excluding hydrogens is 329 g/mol. The Bertz CT molecular complexity index is 1080. The number of nitrogens with zero attached hydrogens (tertiary/aromatic N) is 1. The second-order valence-corrected chi connectivity index (χ2v) is 6.10. The van der Waals surface area contributed by atoms with Crippen LogP contribution in [0.3, 0.4) is 0 Å². The van der Waals surface area contributed by atoms with E-state index in [0.29, 0.717) is 5.69 Å². The van der Waals surface area contributed by atoms with Crippen molar-refractivity contribution in [2.45, 2.75) is 6.92 Å². The Kier molecular flexibility index (Phi) is 3.97. The molecular formula is C21H16FN3O. The summed E-state index contributed by atoms with van der Waals surface area (Å²) in [6, 6.07) is 19.1. The number of carbonyl (C=O) groups excluding carboxylic acids is 1. The van der Waals surface area contributed by atoms with Gasteiger partial charge in [-0.2, -0.15) is 0 Å². The molecule has 4 aromatic rings. The van der Waals surface area contributed by atoms with Crippen LogP contribution in [0.2, 0.25) is 0 Å². The topological polar surface area (TPSA) is 57.8 Å². The fraction of sp³-hybridized carbons (Fsp3) is 0.0476. The first-order valence-electron chi connectivity index (χ1n) is 8.23. The van der Waals surface area contributed by atoms with Crippen LogP contribution in [0.25, 0.3) is 22.4 Å². The molecule has 3 aromatic carbocycles. The zero-order valence-electron chi connectivity index (χ0n) is 14.1. The van der Waals surface area contributed by atoms with Crippen molar-refractivity contribution in [3.8, 4) is 11.4 Å². The van der Waals surface area contributed by atoms with Gasteiger partial charge in [0.1, 0.15) is 11.6 Å². The van der Waals surface area contributed by atoms with Gasteiger partial charge < -0.3 is 10.3 Å². The summed E-state index contributed by atoms with van der Waals surface area (Å²) in [6.07, 6.45) is 0. The highest BCUT2D eigenvalue weighted by atomic mass is 19.1. The normalized spacial score (nSPS) is 10.8. The van der Waals surface area contributed by atoms with E-state index in [1.165, 1.54) is 18.2 Å². The largest absolute Gasteiger partial charge is 0.338 e. The molecule has 128 valence electrons. The molecule has 0 spiro atoms. The number of aromatic nitrogens is 2. The first-order valence-corrected chi connectivity index (χ1v) is 8.23. The summed E-state index contributed by atoms with van der Waals surface area (Å²) in [5.41, 5.74) is 4.55. The van der Waals surface area contributed by atoms with Crippen LogP contribution in [0.15, 0.2) is 66.7 Å². The number of anilines is 1. The molecule has 0 saturated carbocycles. The van der Waals surface area contributed by atoms with E-state index < -0.39 is 5.82 Å². The first-order chi connectivity index (χ1) is 12.6. The molecule has 1 heterocycles. The number of aromatic amines is 1. The van der Waals surface area contributed by atoms with E-state index in [1.54, 1.807) is 6.07 Å². The number of hydrogen-bond donors (Lipinski definition) is 2. The van der Waals surface area contributed by atoms with E-state index in [9.17, 15) is 9.18 Å². The van der Waals surface area contributed by atoms with Crippen molar-refractivity contribution in [3.05, 3.63) is 83.7 Å². The third-order valence-corrected chi connectivity index (χ3v) is 4.24. The number of carbonyl (C=O) groups is 1. The van der Waals surface area contributed by atoms with Crippen LogP contribution >= 0.6 is 0 Å². The van der Waals surface area contributed by atoms with Crippen LogP contribution < -0.4 is 5.32 Å². The van der Waals surface area contributed by atoms with Crippen LogP contribution in [0.1, 0.15) is 15.9 Å². The highest BCUT2D eigenvalue weighted by Gasteiger charge is 2.11. The number of aryl methyl sites for hydroxylation is 1. The van der Waals surface area contributed by atoms with Gasteiger partial charge in [0.15, 0.2) is 0 Å². The Hall–Kier alpha value is -3.47. The minimum absolute atomic E-state index is 0.276. The quantitative estimate of drug-likeness (QED) is 0.553. The van der Waals surface area contributed by atoms with Crippen LogP contribution in [0, 0.1) is 12.7 Å². The number of amides is 1. The molecule has 26 heavy (non-hydrogen) atoms. The van der Waals surface area contributed by atoms with E-state index in [-0.39, 0.29) is 11.5 Å². The maximum Gasteiger partial charge on any atom is 0.255 e. The molecule has 1 amide bonds. The third kappa shape index (κ3) is 3.07. The summed E-state index contributed by atoms with van der Waals surface area (Å²) in [4.78, 5) is 20.3. The monoisotopic (exact) mass is 345 g/mol. The fourth-order valence-corrected chi connectivity index (χ4v) is 2.82. The lowest BCUT2D eigenvalue weighted by Crippen LogP contribution is -2.13. The number of halogens is 1. The highest BCUT2D eigenvalue weighted by molar-refractivity contribution is 6.05. The van der Waals surface area contributed by atoms with Crippen molar-refractivity contribution in [2.24, 2.45) is 0 Å². The van der Waals surface area contributed by atoms with Gasteiger partial charge in [-0.1, -0.05) is 30.3 Å². The minimum atomic E-state index is -0.439. The number of rotatable bonds is 3.